The minimum absolute atomic E-state index is 0.0765. The highest BCUT2D eigenvalue weighted by atomic mass is 32.2. The summed E-state index contributed by atoms with van der Waals surface area (Å²) in [5.41, 5.74) is 1.59. The van der Waals surface area contributed by atoms with E-state index in [-0.39, 0.29) is 15.9 Å². The average Bonchev–Trinajstić information content (AvgIpc) is 3.25. The van der Waals surface area contributed by atoms with Crippen molar-refractivity contribution in [1.82, 2.24) is 5.32 Å². The Hall–Kier alpha value is -2.98. The number of halogens is 2. The zero-order chi connectivity index (χ0) is 21.6. The fourth-order valence-electron chi connectivity index (χ4n) is 2.57. The topological polar surface area (TPSA) is 84.5 Å². The molecule has 3 aromatic rings. The highest BCUT2D eigenvalue weighted by Gasteiger charge is 2.15. The number of hydrogen-bond acceptors (Lipinski definition) is 5. The Morgan fingerprint density at radius 2 is 1.73 bits per heavy atom. The third-order valence-corrected chi connectivity index (χ3v) is 6.79. The Kier molecular flexibility index (Phi) is 7.01. The Bertz CT molecular complexity index is 1070. The van der Waals surface area contributed by atoms with Crippen LogP contribution in [0.25, 0.3) is 0 Å². The van der Waals surface area contributed by atoms with Crippen LogP contribution in [0.5, 0.6) is 5.75 Å². The number of benzene rings is 2. The van der Waals surface area contributed by atoms with Gasteiger partial charge in [-0.25, -0.2) is 8.42 Å². The number of anilines is 1. The van der Waals surface area contributed by atoms with Crippen LogP contribution in [0.2, 0.25) is 0 Å². The summed E-state index contributed by atoms with van der Waals surface area (Å²) < 4.78 is 55.6. The van der Waals surface area contributed by atoms with E-state index >= 15 is 0 Å². The minimum Gasteiger partial charge on any atom is -0.435 e. The van der Waals surface area contributed by atoms with Crippen LogP contribution >= 0.6 is 11.3 Å². The monoisotopic (exact) mass is 452 g/mol. The van der Waals surface area contributed by atoms with Gasteiger partial charge in [-0.1, -0.05) is 18.2 Å². The number of amides is 1. The predicted octanol–water partition coefficient (Wildman–Crippen LogP) is 4.12. The molecule has 0 saturated carbocycles. The molecule has 2 aromatic carbocycles. The molecule has 10 heteroatoms. The molecule has 0 aliphatic carbocycles. The summed E-state index contributed by atoms with van der Waals surface area (Å²) in [6.45, 7) is -2.52. The van der Waals surface area contributed by atoms with Crippen molar-refractivity contribution in [3.8, 4) is 5.75 Å². The third kappa shape index (κ3) is 6.01. The number of alkyl halides is 2. The van der Waals surface area contributed by atoms with Crippen LogP contribution in [0.15, 0.2) is 70.3 Å². The fourth-order valence-corrected chi connectivity index (χ4v) is 4.62. The number of rotatable bonds is 9. The van der Waals surface area contributed by atoms with Crippen molar-refractivity contribution in [3.63, 3.8) is 0 Å². The van der Waals surface area contributed by atoms with Gasteiger partial charge in [0, 0.05) is 17.8 Å². The molecular formula is C20H18F2N2O4S2. The van der Waals surface area contributed by atoms with Crippen molar-refractivity contribution in [2.24, 2.45) is 0 Å². The van der Waals surface area contributed by atoms with Crippen molar-refractivity contribution < 1.29 is 26.7 Å². The Morgan fingerprint density at radius 3 is 2.33 bits per heavy atom. The summed E-state index contributed by atoms with van der Waals surface area (Å²) in [4.78, 5) is 12.2. The molecule has 0 bridgehead atoms. The summed E-state index contributed by atoms with van der Waals surface area (Å²) >= 11 is 1.11. The first-order chi connectivity index (χ1) is 14.3. The van der Waals surface area contributed by atoms with Crippen LogP contribution in [0.4, 0.5) is 14.5 Å². The smallest absolute Gasteiger partial charge is 0.387 e. The van der Waals surface area contributed by atoms with Crippen LogP contribution in [-0.4, -0.2) is 27.5 Å². The number of carbonyl (C=O) groups excluding carboxylic acids is 1. The lowest BCUT2D eigenvalue weighted by molar-refractivity contribution is -0.0498. The molecule has 158 valence electrons. The first-order valence-corrected chi connectivity index (χ1v) is 11.2. The highest BCUT2D eigenvalue weighted by molar-refractivity contribution is 7.94. The van der Waals surface area contributed by atoms with Gasteiger partial charge in [-0.15, -0.1) is 11.3 Å². The van der Waals surface area contributed by atoms with Crippen LogP contribution in [-0.2, 0) is 16.4 Å². The quantitative estimate of drug-likeness (QED) is 0.512. The van der Waals surface area contributed by atoms with Gasteiger partial charge in [-0.05, 0) is 59.8 Å². The molecule has 0 unspecified atom stereocenters. The molecule has 6 nitrogen and oxygen atoms in total. The largest absolute Gasteiger partial charge is 0.435 e. The van der Waals surface area contributed by atoms with Gasteiger partial charge in [0.15, 0.2) is 0 Å². The van der Waals surface area contributed by atoms with E-state index in [1.807, 2.05) is 0 Å². The summed E-state index contributed by atoms with van der Waals surface area (Å²) in [5.74, 6) is -0.229. The number of ether oxygens (including phenoxy) is 1. The molecule has 3 rings (SSSR count). The summed E-state index contributed by atoms with van der Waals surface area (Å²) in [5, 5.41) is 4.43. The zero-order valence-electron chi connectivity index (χ0n) is 15.5. The van der Waals surface area contributed by atoms with E-state index in [1.165, 1.54) is 42.5 Å². The van der Waals surface area contributed by atoms with Crippen molar-refractivity contribution in [1.29, 1.82) is 0 Å². The van der Waals surface area contributed by atoms with Gasteiger partial charge < -0.3 is 10.1 Å². The highest BCUT2D eigenvalue weighted by Crippen LogP contribution is 2.20. The van der Waals surface area contributed by atoms with Crippen LogP contribution < -0.4 is 14.8 Å². The Labute approximate surface area is 176 Å². The van der Waals surface area contributed by atoms with E-state index in [1.54, 1.807) is 23.6 Å². The lowest BCUT2D eigenvalue weighted by Gasteiger charge is -2.09. The second-order valence-corrected chi connectivity index (χ2v) is 9.00. The number of nitrogens with one attached hydrogen (secondary N) is 2. The van der Waals surface area contributed by atoms with Crippen molar-refractivity contribution in [3.05, 3.63) is 77.2 Å². The second kappa shape index (κ2) is 9.68. The van der Waals surface area contributed by atoms with E-state index in [9.17, 15) is 22.0 Å². The second-order valence-electron chi connectivity index (χ2n) is 6.14. The molecule has 0 atom stereocenters. The first kappa shape index (κ1) is 21.7. The van der Waals surface area contributed by atoms with Gasteiger partial charge in [0.25, 0.3) is 15.9 Å². The molecule has 0 spiro atoms. The molecule has 2 N–H and O–H groups in total. The van der Waals surface area contributed by atoms with E-state index in [0.717, 1.165) is 16.9 Å². The molecule has 30 heavy (non-hydrogen) atoms. The van der Waals surface area contributed by atoms with Gasteiger partial charge in [0.2, 0.25) is 0 Å². The molecule has 0 fully saturated rings. The summed E-state index contributed by atoms with van der Waals surface area (Å²) in [7, 11) is -3.64. The maximum Gasteiger partial charge on any atom is 0.387 e. The lowest BCUT2D eigenvalue weighted by Crippen LogP contribution is -2.25. The zero-order valence-corrected chi connectivity index (χ0v) is 17.2. The van der Waals surface area contributed by atoms with E-state index < -0.39 is 16.6 Å². The van der Waals surface area contributed by atoms with Gasteiger partial charge in [-0.2, -0.15) is 8.78 Å². The van der Waals surface area contributed by atoms with E-state index in [4.69, 9.17) is 0 Å². The van der Waals surface area contributed by atoms with Crippen LogP contribution in [0.3, 0.4) is 0 Å². The SMILES string of the molecule is O=C(NCCc1ccc(OC(F)F)cc1)c1ccc(NS(=O)(=O)c2cccs2)cc1. The average molecular weight is 453 g/mol. The van der Waals surface area contributed by atoms with Crippen LogP contribution in [0.1, 0.15) is 15.9 Å². The molecule has 0 saturated heterocycles. The van der Waals surface area contributed by atoms with E-state index in [2.05, 4.69) is 14.8 Å². The Morgan fingerprint density at radius 1 is 1.03 bits per heavy atom. The molecule has 1 amide bonds. The summed E-state index contributed by atoms with van der Waals surface area (Å²) in [6.07, 6.45) is 0.513. The van der Waals surface area contributed by atoms with E-state index in [0.29, 0.717) is 24.2 Å². The number of thiophene rings is 1. The van der Waals surface area contributed by atoms with Crippen molar-refractivity contribution in [2.75, 3.05) is 11.3 Å². The standard InChI is InChI=1S/C20H18F2N2O4S2/c21-20(22)28-17-9-3-14(4-10-17)11-12-23-19(25)15-5-7-16(8-6-15)24-30(26,27)18-2-1-13-29-18/h1-10,13,20,24H,11-12H2,(H,23,25). The molecule has 0 aliphatic heterocycles. The van der Waals surface area contributed by atoms with Crippen LogP contribution in [0, 0.1) is 0 Å². The van der Waals surface area contributed by atoms with Crippen molar-refractivity contribution in [2.45, 2.75) is 17.2 Å². The normalized spacial score (nSPS) is 11.3. The lowest BCUT2D eigenvalue weighted by atomic mass is 10.1. The molecular weight excluding hydrogens is 434 g/mol. The minimum atomic E-state index is -3.64. The summed E-state index contributed by atoms with van der Waals surface area (Å²) in [6, 6.07) is 15.4. The predicted molar refractivity (Wildman–Crippen MR) is 111 cm³/mol. The number of sulfonamides is 1. The fraction of sp³-hybridized carbons (Fsp3) is 0.150. The van der Waals surface area contributed by atoms with Gasteiger partial charge >= 0.3 is 6.61 Å². The van der Waals surface area contributed by atoms with Gasteiger partial charge in [0.05, 0.1) is 0 Å². The maximum atomic E-state index is 12.2. The Balaban J connectivity index is 1.50. The van der Waals surface area contributed by atoms with Gasteiger partial charge in [-0.3, -0.25) is 9.52 Å². The molecule has 0 aliphatic rings. The van der Waals surface area contributed by atoms with Gasteiger partial charge in [0.1, 0.15) is 9.96 Å². The molecule has 1 aromatic heterocycles. The molecule has 0 radical (unpaired) electrons. The number of hydrogen-bond donors (Lipinski definition) is 2. The third-order valence-electron chi connectivity index (χ3n) is 4.01. The van der Waals surface area contributed by atoms with Crippen molar-refractivity contribution >= 4 is 33.0 Å². The first-order valence-electron chi connectivity index (χ1n) is 8.82. The maximum absolute atomic E-state index is 12.2. The molecule has 1 heterocycles. The number of carbonyl (C=O) groups is 1.